The summed E-state index contributed by atoms with van der Waals surface area (Å²) in [6.45, 7) is 3.32. The van der Waals surface area contributed by atoms with E-state index in [0.717, 1.165) is 17.0 Å². The molecule has 2 atom stereocenters. The lowest BCUT2D eigenvalue weighted by molar-refractivity contribution is 0.0549. The van der Waals surface area contributed by atoms with Gasteiger partial charge in [-0.25, -0.2) is 18.6 Å². The van der Waals surface area contributed by atoms with Gasteiger partial charge in [-0.3, -0.25) is 4.79 Å². The molecular weight excluding hydrogens is 582 g/mol. The van der Waals surface area contributed by atoms with E-state index in [9.17, 15) is 13.2 Å². The van der Waals surface area contributed by atoms with Crippen molar-refractivity contribution < 1.29 is 17.7 Å². The van der Waals surface area contributed by atoms with Crippen LogP contribution in [-0.2, 0) is 29.4 Å². The molecule has 2 aliphatic rings. The molecule has 1 amide bonds. The molecule has 1 fully saturated rings. The minimum Gasteiger partial charge on any atom is -0.348 e. The molecule has 0 spiro atoms. The van der Waals surface area contributed by atoms with Crippen molar-refractivity contribution in [3.05, 3.63) is 55.5 Å². The fourth-order valence-corrected chi connectivity index (χ4v) is 7.92. The fraction of sp³-hybridized carbons (Fsp3) is 0.417. The van der Waals surface area contributed by atoms with Gasteiger partial charge in [0.1, 0.15) is 10.9 Å². The van der Waals surface area contributed by atoms with Gasteiger partial charge in [-0.1, -0.05) is 11.6 Å². The molecule has 1 saturated heterocycles. The van der Waals surface area contributed by atoms with Gasteiger partial charge in [0.2, 0.25) is 0 Å². The minimum absolute atomic E-state index is 0.0908. The quantitative estimate of drug-likeness (QED) is 0.283. The molecule has 5 heterocycles. The molecule has 1 aromatic carbocycles. The smallest absolute Gasteiger partial charge is 0.314 e. The van der Waals surface area contributed by atoms with Crippen molar-refractivity contribution in [1.29, 1.82) is 0 Å². The van der Waals surface area contributed by atoms with Gasteiger partial charge in [0.05, 0.1) is 5.69 Å². The van der Waals surface area contributed by atoms with E-state index in [-0.39, 0.29) is 35.4 Å². The third-order valence-electron chi connectivity index (χ3n) is 7.15. The Morgan fingerprint density at radius 1 is 1.28 bits per heavy atom. The molecule has 2 aliphatic heterocycles. The molecule has 0 aliphatic carbocycles. The predicted octanol–water partition coefficient (Wildman–Crippen LogP) is 3.51. The number of fused-ring (bicyclic) bond motifs is 2. The van der Waals surface area contributed by atoms with Crippen molar-refractivity contribution in [3.8, 4) is 0 Å². The highest BCUT2D eigenvalue weighted by atomic mass is 35.5. The summed E-state index contributed by atoms with van der Waals surface area (Å²) in [6, 6.07) is 6.67. The summed E-state index contributed by atoms with van der Waals surface area (Å²) in [5.41, 5.74) is 1.64. The predicted molar refractivity (Wildman–Crippen MR) is 149 cm³/mol. The van der Waals surface area contributed by atoms with Crippen LogP contribution in [0.4, 0.5) is 0 Å². The summed E-state index contributed by atoms with van der Waals surface area (Å²) in [4.78, 5) is 28.4. The maximum atomic E-state index is 13.7. The molecule has 3 N–H and O–H groups in total. The maximum absolute atomic E-state index is 13.7. The molecule has 206 valence electrons. The van der Waals surface area contributed by atoms with E-state index in [1.807, 2.05) is 0 Å². The average molecular weight is 608 g/mol. The number of carbonyl (C=O) groups excluding carboxylic acids is 1. The zero-order chi connectivity index (χ0) is 27.3. The highest BCUT2D eigenvalue weighted by Gasteiger charge is 2.38. The van der Waals surface area contributed by atoms with Crippen LogP contribution in [0.25, 0.3) is 10.9 Å². The van der Waals surface area contributed by atoms with Gasteiger partial charge >= 0.3 is 4.84 Å². The monoisotopic (exact) mass is 607 g/mol. The number of nitrogens with one attached hydrogen (secondary N) is 3. The summed E-state index contributed by atoms with van der Waals surface area (Å²) in [6.07, 6.45) is 1.67. The Labute approximate surface area is 238 Å². The summed E-state index contributed by atoms with van der Waals surface area (Å²) in [5.74, 6) is 0.363. The van der Waals surface area contributed by atoms with Crippen molar-refractivity contribution in [1.82, 2.24) is 34.6 Å². The Morgan fingerprint density at radius 2 is 2.13 bits per heavy atom. The molecule has 0 saturated carbocycles. The molecule has 4 aromatic rings. The van der Waals surface area contributed by atoms with E-state index in [0.29, 0.717) is 52.2 Å². The zero-order valence-electron chi connectivity index (χ0n) is 20.9. The molecule has 2 unspecified atom stereocenters. The topological polar surface area (TPSA) is 140 Å². The summed E-state index contributed by atoms with van der Waals surface area (Å²) >= 11 is 12.5. The number of H-pyrrole nitrogens is 2. The van der Waals surface area contributed by atoms with Crippen molar-refractivity contribution in [3.63, 3.8) is 0 Å². The molecule has 3 aromatic heterocycles. The van der Waals surface area contributed by atoms with Crippen molar-refractivity contribution >= 4 is 62.0 Å². The standard InChI is InChI=1S/C24H26ClN7O4S3/c1-13-8-18-19(11-26-13)38-22(28-18)23(33)32-7-6-31(12-16(32)3-5-20-29-24(37)36-30-20)39(34,35)21-10-14-9-15(25)2-4-17(14)27-21/h2,4,9-10,13,16,26-27H,3,5-8,11-12H2,1H3,(H,29,30,37). The number of aromatic nitrogens is 4. The zero-order valence-corrected chi connectivity index (χ0v) is 24.1. The number of thiazole rings is 1. The van der Waals surface area contributed by atoms with Crippen LogP contribution in [0.3, 0.4) is 0 Å². The molecule has 39 heavy (non-hydrogen) atoms. The molecule has 11 nitrogen and oxygen atoms in total. The van der Waals surface area contributed by atoms with Crippen LogP contribution in [0.2, 0.25) is 5.02 Å². The number of piperazine rings is 1. The number of aryl methyl sites for hydroxylation is 1. The number of amides is 1. The second-order valence-electron chi connectivity index (χ2n) is 9.82. The summed E-state index contributed by atoms with van der Waals surface area (Å²) in [5, 5.41) is 7.86. The number of nitrogens with zero attached hydrogens (tertiary/aromatic N) is 4. The van der Waals surface area contributed by atoms with Gasteiger partial charge in [-0.05, 0) is 49.8 Å². The van der Waals surface area contributed by atoms with Gasteiger partial charge in [-0.15, -0.1) is 11.3 Å². The lowest BCUT2D eigenvalue weighted by atomic mass is 10.1. The number of hydrogen-bond acceptors (Lipinski definition) is 9. The number of halogens is 1. The van der Waals surface area contributed by atoms with E-state index in [2.05, 4.69) is 32.3 Å². The first-order valence-electron chi connectivity index (χ1n) is 12.5. The van der Waals surface area contributed by atoms with Gasteiger partial charge < -0.3 is 19.7 Å². The Morgan fingerprint density at radius 3 is 2.92 bits per heavy atom. The number of carbonyl (C=O) groups is 1. The van der Waals surface area contributed by atoms with Gasteiger partial charge in [0.15, 0.2) is 5.01 Å². The van der Waals surface area contributed by atoms with Crippen LogP contribution in [0.15, 0.2) is 33.8 Å². The van der Waals surface area contributed by atoms with Crippen LogP contribution in [0, 0.1) is 4.84 Å². The highest BCUT2D eigenvalue weighted by Crippen LogP contribution is 2.29. The average Bonchev–Trinajstić information content (AvgIpc) is 3.64. The van der Waals surface area contributed by atoms with E-state index in [1.165, 1.54) is 15.6 Å². The van der Waals surface area contributed by atoms with E-state index in [1.54, 1.807) is 29.2 Å². The maximum Gasteiger partial charge on any atom is 0.314 e. The van der Waals surface area contributed by atoms with Crippen LogP contribution < -0.4 is 5.32 Å². The van der Waals surface area contributed by atoms with E-state index >= 15 is 0 Å². The van der Waals surface area contributed by atoms with Gasteiger partial charge in [-0.2, -0.15) is 9.29 Å². The first-order valence-corrected chi connectivity index (χ1v) is 15.6. The largest absolute Gasteiger partial charge is 0.348 e. The molecule has 0 bridgehead atoms. The lowest BCUT2D eigenvalue weighted by Gasteiger charge is -2.40. The second kappa shape index (κ2) is 10.4. The summed E-state index contributed by atoms with van der Waals surface area (Å²) in [7, 11) is -3.85. The SMILES string of the molecule is CC1Cc2nc(C(=O)N3CCN(S(=O)(=O)c4cc5cc(Cl)ccc5[nH]4)CC3CCc3nc(=S)o[nH]3)sc2CN1. The molecular formula is C24H26ClN7O4S3. The Kier molecular flexibility index (Phi) is 7.10. The van der Waals surface area contributed by atoms with Crippen molar-refractivity contribution in [2.24, 2.45) is 0 Å². The minimum atomic E-state index is -3.85. The fourth-order valence-electron chi connectivity index (χ4n) is 5.11. The second-order valence-corrected chi connectivity index (χ2v) is 13.6. The van der Waals surface area contributed by atoms with Crippen molar-refractivity contribution in [2.75, 3.05) is 19.6 Å². The van der Waals surface area contributed by atoms with Gasteiger partial charge in [0.25, 0.3) is 15.9 Å². The number of aromatic amines is 2. The highest BCUT2D eigenvalue weighted by molar-refractivity contribution is 7.89. The summed E-state index contributed by atoms with van der Waals surface area (Å²) < 4.78 is 33.8. The first-order chi connectivity index (χ1) is 18.7. The number of hydrogen-bond donors (Lipinski definition) is 3. The van der Waals surface area contributed by atoms with Crippen molar-refractivity contribution in [2.45, 2.75) is 49.8 Å². The normalized spacial score (nSPS) is 20.4. The lowest BCUT2D eigenvalue weighted by Crippen LogP contribution is -2.56. The molecule has 15 heteroatoms. The van der Waals surface area contributed by atoms with E-state index in [4.69, 9.17) is 28.3 Å². The first kappa shape index (κ1) is 26.6. The van der Waals surface area contributed by atoms with E-state index < -0.39 is 16.1 Å². The Hall–Kier alpha value is -2.62. The number of benzene rings is 1. The van der Waals surface area contributed by atoms with Gasteiger partial charge in [0, 0.05) is 71.9 Å². The van der Waals surface area contributed by atoms with Crippen LogP contribution >= 0.6 is 35.2 Å². The van der Waals surface area contributed by atoms with Crippen LogP contribution in [0.5, 0.6) is 0 Å². The molecule has 0 radical (unpaired) electrons. The number of rotatable bonds is 6. The Bertz CT molecular complexity index is 1710. The number of sulfonamides is 1. The van der Waals surface area contributed by atoms with Crippen LogP contribution in [0.1, 0.15) is 39.5 Å². The third-order valence-corrected chi connectivity index (χ3v) is 10.4. The van der Waals surface area contributed by atoms with Crippen LogP contribution in [-0.4, -0.2) is 75.4 Å². The molecule has 6 rings (SSSR count). The third kappa shape index (κ3) is 5.28. The Balaban J connectivity index is 1.27.